The molecule has 0 spiro atoms. The van der Waals surface area contributed by atoms with Gasteiger partial charge in [0, 0.05) is 16.8 Å². The van der Waals surface area contributed by atoms with Crippen LogP contribution in [0, 0.1) is 19.3 Å². The molecule has 4 N–H and O–H groups in total. The molecule has 3 rings (SSSR count). The van der Waals surface area contributed by atoms with Gasteiger partial charge in [-0.15, -0.1) is 11.3 Å². The highest BCUT2D eigenvalue weighted by molar-refractivity contribution is 7.12. The number of phenols is 1. The van der Waals surface area contributed by atoms with E-state index in [-0.39, 0.29) is 28.7 Å². The summed E-state index contributed by atoms with van der Waals surface area (Å²) in [7, 11) is 1.53. The van der Waals surface area contributed by atoms with Gasteiger partial charge in [0.15, 0.2) is 17.4 Å². The molecule has 1 amide bonds. The maximum absolute atomic E-state index is 12.2. The van der Waals surface area contributed by atoms with Crippen LogP contribution in [0.5, 0.6) is 5.75 Å². The van der Waals surface area contributed by atoms with Gasteiger partial charge in [-0.25, -0.2) is 0 Å². The number of hydrogen-bond donors (Lipinski definition) is 4. The van der Waals surface area contributed by atoms with E-state index < -0.39 is 0 Å². The Bertz CT molecular complexity index is 1050. The molecule has 0 fully saturated rings. The van der Waals surface area contributed by atoms with Crippen molar-refractivity contribution in [2.24, 2.45) is 5.41 Å². The molecule has 0 aliphatic rings. The Balaban J connectivity index is 1.92. The molecule has 0 radical (unpaired) electrons. The maximum Gasteiger partial charge on any atom is 0.255 e. The molecule has 0 saturated carbocycles. The van der Waals surface area contributed by atoms with Gasteiger partial charge in [-0.3, -0.25) is 4.79 Å². The summed E-state index contributed by atoms with van der Waals surface area (Å²) in [5.41, 5.74) is 1.26. The fraction of sp³-hybridized carbons (Fsp3) is 0.381. The first-order valence-electron chi connectivity index (χ1n) is 9.59. The minimum Gasteiger partial charge on any atom is -0.505 e. The van der Waals surface area contributed by atoms with Gasteiger partial charge in [-0.1, -0.05) is 26.8 Å². The first kappa shape index (κ1) is 22.0. The molecular weight excluding hydrogens is 418 g/mol. The lowest BCUT2D eigenvalue weighted by Crippen LogP contribution is -2.25. The summed E-state index contributed by atoms with van der Waals surface area (Å²) in [5.74, 6) is 0.649. The number of nitrogens with one attached hydrogen (secondary N) is 3. The summed E-state index contributed by atoms with van der Waals surface area (Å²) < 4.78 is 8.77. The Morgan fingerprint density at radius 2 is 1.80 bits per heavy atom. The van der Waals surface area contributed by atoms with E-state index in [0.717, 1.165) is 11.7 Å². The van der Waals surface area contributed by atoms with Crippen LogP contribution in [0.3, 0.4) is 0 Å². The summed E-state index contributed by atoms with van der Waals surface area (Å²) in [5, 5.41) is 19.9. The van der Waals surface area contributed by atoms with Crippen molar-refractivity contribution in [3.8, 4) is 5.75 Å². The van der Waals surface area contributed by atoms with Crippen LogP contribution >= 0.6 is 23.1 Å². The van der Waals surface area contributed by atoms with Crippen molar-refractivity contribution in [2.75, 3.05) is 17.7 Å². The van der Waals surface area contributed by atoms with Crippen molar-refractivity contribution in [2.45, 2.75) is 40.7 Å². The molecule has 3 aromatic rings. The van der Waals surface area contributed by atoms with Gasteiger partial charge < -0.3 is 21.1 Å². The second-order valence-electron chi connectivity index (χ2n) is 8.21. The number of carbonyl (C=O) groups excluding carboxylic acids is 1. The number of aryl methyl sites for hydroxylation is 2. The number of nitrogens with zero attached hydrogens (tertiary/aromatic N) is 2. The quantitative estimate of drug-likeness (QED) is 0.388. The number of aromatic hydroxyl groups is 1. The van der Waals surface area contributed by atoms with Crippen molar-refractivity contribution in [1.82, 2.24) is 14.1 Å². The lowest BCUT2D eigenvalue weighted by Gasteiger charge is -2.31. The summed E-state index contributed by atoms with van der Waals surface area (Å²) in [6.07, 6.45) is 0. The monoisotopic (exact) mass is 445 g/mol. The largest absolute Gasteiger partial charge is 0.505 e. The minimum absolute atomic E-state index is 0.0358. The molecule has 0 aliphatic heterocycles. The van der Waals surface area contributed by atoms with Crippen LogP contribution < -0.4 is 16.0 Å². The number of anilines is 3. The first-order valence-corrected chi connectivity index (χ1v) is 11.1. The molecule has 2 heterocycles. The summed E-state index contributed by atoms with van der Waals surface area (Å²) in [4.78, 5) is 14.6. The van der Waals surface area contributed by atoms with Gasteiger partial charge in [0.25, 0.3) is 5.91 Å². The van der Waals surface area contributed by atoms with E-state index in [4.69, 9.17) is 0 Å². The van der Waals surface area contributed by atoms with Crippen LogP contribution in [-0.4, -0.2) is 26.8 Å². The Morgan fingerprint density at radius 1 is 1.10 bits per heavy atom. The Kier molecular flexibility index (Phi) is 6.33. The number of carbonyl (C=O) groups is 1. The average molecular weight is 446 g/mol. The van der Waals surface area contributed by atoms with Gasteiger partial charge in [0.2, 0.25) is 0 Å². The number of hydrogen-bond acceptors (Lipinski definition) is 8. The van der Waals surface area contributed by atoms with E-state index in [0.29, 0.717) is 22.9 Å². The molecule has 0 unspecified atom stereocenters. The Morgan fingerprint density at radius 3 is 2.40 bits per heavy atom. The third-order valence-electron chi connectivity index (χ3n) is 4.77. The first-order chi connectivity index (χ1) is 14.1. The molecule has 30 heavy (non-hydrogen) atoms. The standard InChI is InChI=1S/C21H27N5O2S2/c1-11-7-9-13(16(27)15(11)20(28)22-6)23-18-19(26-30-25-18)24-17(21(3,4)5)14-10-8-12(2)29-14/h7-10,17,27H,1-6H3,(H,22,28)(H,23,25)(H,24,26)/t17-/m0/s1. The molecule has 0 saturated heterocycles. The van der Waals surface area contributed by atoms with Crippen molar-refractivity contribution < 1.29 is 9.90 Å². The third kappa shape index (κ3) is 4.57. The highest BCUT2D eigenvalue weighted by Gasteiger charge is 2.29. The van der Waals surface area contributed by atoms with Gasteiger partial charge >= 0.3 is 0 Å². The molecule has 160 valence electrons. The normalized spacial score (nSPS) is 12.5. The number of amides is 1. The average Bonchev–Trinajstić information content (AvgIpc) is 3.29. The van der Waals surface area contributed by atoms with Crippen LogP contribution in [0.25, 0.3) is 0 Å². The smallest absolute Gasteiger partial charge is 0.255 e. The number of thiophene rings is 1. The predicted octanol–water partition coefficient (Wildman–Crippen LogP) is 5.22. The number of aromatic nitrogens is 2. The van der Waals surface area contributed by atoms with E-state index in [1.54, 1.807) is 30.4 Å². The van der Waals surface area contributed by atoms with E-state index in [2.05, 4.69) is 64.5 Å². The van der Waals surface area contributed by atoms with Crippen LogP contribution in [0.4, 0.5) is 17.3 Å². The van der Waals surface area contributed by atoms with E-state index in [9.17, 15) is 9.90 Å². The highest BCUT2D eigenvalue weighted by Crippen LogP contribution is 2.41. The van der Waals surface area contributed by atoms with Crippen LogP contribution in [0.1, 0.15) is 52.5 Å². The fourth-order valence-electron chi connectivity index (χ4n) is 3.16. The van der Waals surface area contributed by atoms with Crippen molar-refractivity contribution in [3.05, 3.63) is 45.1 Å². The van der Waals surface area contributed by atoms with E-state index in [1.807, 2.05) is 0 Å². The van der Waals surface area contributed by atoms with Crippen LogP contribution in [0.2, 0.25) is 0 Å². The van der Waals surface area contributed by atoms with Crippen molar-refractivity contribution in [3.63, 3.8) is 0 Å². The van der Waals surface area contributed by atoms with Crippen LogP contribution in [0.15, 0.2) is 24.3 Å². The molecule has 7 nitrogen and oxygen atoms in total. The van der Waals surface area contributed by atoms with E-state index >= 15 is 0 Å². The molecule has 0 bridgehead atoms. The molecule has 1 atom stereocenters. The molecule has 9 heteroatoms. The third-order valence-corrected chi connectivity index (χ3v) is 6.37. The highest BCUT2D eigenvalue weighted by atomic mass is 32.1. The Labute approximate surface area is 184 Å². The molecule has 0 aliphatic carbocycles. The van der Waals surface area contributed by atoms with Crippen molar-refractivity contribution in [1.29, 1.82) is 0 Å². The summed E-state index contributed by atoms with van der Waals surface area (Å²) >= 11 is 2.83. The maximum atomic E-state index is 12.2. The number of benzene rings is 1. The lowest BCUT2D eigenvalue weighted by molar-refractivity contribution is 0.0960. The van der Waals surface area contributed by atoms with Gasteiger partial charge in [0.05, 0.1) is 29.0 Å². The zero-order valence-electron chi connectivity index (χ0n) is 18.0. The van der Waals surface area contributed by atoms with Gasteiger partial charge in [0.1, 0.15) is 0 Å². The lowest BCUT2D eigenvalue weighted by atomic mass is 9.86. The Hall–Kier alpha value is -2.65. The predicted molar refractivity (Wildman–Crippen MR) is 124 cm³/mol. The molecule has 2 aromatic heterocycles. The minimum atomic E-state index is -0.343. The topological polar surface area (TPSA) is 99.2 Å². The van der Waals surface area contributed by atoms with Crippen molar-refractivity contribution >= 4 is 46.3 Å². The van der Waals surface area contributed by atoms with E-state index in [1.165, 1.54) is 16.8 Å². The summed E-state index contributed by atoms with van der Waals surface area (Å²) in [6, 6.07) is 7.80. The zero-order chi connectivity index (χ0) is 22.1. The second kappa shape index (κ2) is 8.61. The zero-order valence-corrected chi connectivity index (χ0v) is 19.6. The molecule has 1 aromatic carbocycles. The second-order valence-corrected chi connectivity index (χ2v) is 10.1. The van der Waals surface area contributed by atoms with Gasteiger partial charge in [-0.2, -0.15) is 8.75 Å². The SMILES string of the molecule is CNC(=O)c1c(C)ccc(Nc2nsnc2N[C@@H](c2ccc(C)s2)C(C)(C)C)c1O. The summed E-state index contributed by atoms with van der Waals surface area (Å²) in [6.45, 7) is 10.4. The number of rotatable bonds is 6. The fourth-order valence-corrected chi connectivity index (χ4v) is 4.81. The van der Waals surface area contributed by atoms with Gasteiger partial charge in [-0.05, 0) is 43.0 Å². The molecular formula is C21H27N5O2S2. The van der Waals surface area contributed by atoms with Crippen LogP contribution in [-0.2, 0) is 0 Å². The number of phenolic OH excluding ortho intramolecular Hbond substituents is 1.